The number of nitrogens with two attached hydrogens (primary N) is 1. The fourth-order valence-electron chi connectivity index (χ4n) is 2.52. The highest BCUT2D eigenvalue weighted by atomic mass is 16.4. The first-order valence-electron chi connectivity index (χ1n) is 5.76. The SMILES string of the molecule is CC1C(C(=O)O)CCN1C(=O)C1(CN)CC1. The van der Waals surface area contributed by atoms with E-state index in [1.165, 1.54) is 0 Å². The van der Waals surface area contributed by atoms with Crippen LogP contribution < -0.4 is 5.73 Å². The third kappa shape index (κ3) is 1.59. The van der Waals surface area contributed by atoms with Crippen LogP contribution in [0.5, 0.6) is 0 Å². The van der Waals surface area contributed by atoms with Crippen LogP contribution in [0.25, 0.3) is 0 Å². The van der Waals surface area contributed by atoms with Crippen LogP contribution in [0.3, 0.4) is 0 Å². The molecule has 2 aliphatic rings. The second-order valence-corrected chi connectivity index (χ2v) is 4.96. The number of aliphatic carboxylic acids is 1. The van der Waals surface area contributed by atoms with Gasteiger partial charge in [0.1, 0.15) is 0 Å². The highest BCUT2D eigenvalue weighted by molar-refractivity contribution is 5.87. The number of carboxylic acids is 1. The molecule has 5 nitrogen and oxygen atoms in total. The van der Waals surface area contributed by atoms with E-state index in [2.05, 4.69) is 0 Å². The van der Waals surface area contributed by atoms with Gasteiger partial charge in [-0.1, -0.05) is 0 Å². The van der Waals surface area contributed by atoms with Gasteiger partial charge in [0, 0.05) is 19.1 Å². The molecule has 5 heteroatoms. The summed E-state index contributed by atoms with van der Waals surface area (Å²) in [5.74, 6) is -1.16. The number of amides is 1. The van der Waals surface area contributed by atoms with Crippen LogP contribution in [0.2, 0.25) is 0 Å². The molecule has 1 aliphatic heterocycles. The number of nitrogens with zero attached hydrogens (tertiary/aromatic N) is 1. The Hall–Kier alpha value is -1.10. The average Bonchev–Trinajstić information content (AvgIpc) is 2.95. The van der Waals surface area contributed by atoms with Gasteiger partial charge in [-0.15, -0.1) is 0 Å². The summed E-state index contributed by atoms with van der Waals surface area (Å²) >= 11 is 0. The summed E-state index contributed by atoms with van der Waals surface area (Å²) in [6.07, 6.45) is 2.26. The number of carboxylic acid groups (broad SMARTS) is 1. The topological polar surface area (TPSA) is 83.6 Å². The highest BCUT2D eigenvalue weighted by Gasteiger charge is 2.53. The lowest BCUT2D eigenvalue weighted by Crippen LogP contribution is -2.44. The van der Waals surface area contributed by atoms with E-state index < -0.39 is 11.9 Å². The van der Waals surface area contributed by atoms with E-state index in [9.17, 15) is 9.59 Å². The van der Waals surface area contributed by atoms with Gasteiger partial charge in [0.2, 0.25) is 5.91 Å². The molecule has 0 bridgehead atoms. The Morgan fingerprint density at radius 3 is 2.50 bits per heavy atom. The largest absolute Gasteiger partial charge is 0.481 e. The zero-order valence-corrected chi connectivity index (χ0v) is 9.48. The van der Waals surface area contributed by atoms with Gasteiger partial charge < -0.3 is 15.7 Å². The lowest BCUT2D eigenvalue weighted by molar-refractivity contribution is -0.143. The molecule has 1 amide bonds. The number of rotatable bonds is 3. The molecule has 0 aromatic heterocycles. The molecular formula is C11H18N2O3. The number of hydrogen-bond donors (Lipinski definition) is 2. The monoisotopic (exact) mass is 226 g/mol. The van der Waals surface area contributed by atoms with E-state index in [0.29, 0.717) is 19.5 Å². The van der Waals surface area contributed by atoms with Crippen LogP contribution >= 0.6 is 0 Å². The molecule has 1 heterocycles. The maximum atomic E-state index is 12.2. The fraction of sp³-hybridized carbons (Fsp3) is 0.818. The molecule has 2 rings (SSSR count). The Morgan fingerprint density at radius 1 is 1.50 bits per heavy atom. The minimum atomic E-state index is -0.805. The van der Waals surface area contributed by atoms with Crippen molar-refractivity contribution in [2.45, 2.75) is 32.2 Å². The van der Waals surface area contributed by atoms with Gasteiger partial charge in [0.05, 0.1) is 11.3 Å². The molecule has 2 fully saturated rings. The molecule has 2 atom stereocenters. The van der Waals surface area contributed by atoms with Crippen molar-refractivity contribution >= 4 is 11.9 Å². The van der Waals surface area contributed by atoms with Crippen LogP contribution in [0.1, 0.15) is 26.2 Å². The predicted octanol–water partition coefficient (Wildman–Crippen LogP) is 0.0469. The van der Waals surface area contributed by atoms with Crippen molar-refractivity contribution in [3.8, 4) is 0 Å². The Labute approximate surface area is 94.6 Å². The summed E-state index contributed by atoms with van der Waals surface area (Å²) in [6.45, 7) is 2.75. The van der Waals surface area contributed by atoms with Crippen molar-refractivity contribution in [1.82, 2.24) is 4.90 Å². The second kappa shape index (κ2) is 3.73. The number of carbonyl (C=O) groups is 2. The van der Waals surface area contributed by atoms with Gasteiger partial charge in [0.15, 0.2) is 0 Å². The maximum absolute atomic E-state index is 12.2. The Balaban J connectivity index is 2.07. The summed E-state index contributed by atoms with van der Waals surface area (Å²) in [5, 5.41) is 9.00. The first-order chi connectivity index (χ1) is 7.52. The number of likely N-dealkylation sites (tertiary alicyclic amines) is 1. The van der Waals surface area contributed by atoms with Crippen molar-refractivity contribution in [2.75, 3.05) is 13.1 Å². The van der Waals surface area contributed by atoms with E-state index in [1.54, 1.807) is 4.90 Å². The molecule has 90 valence electrons. The van der Waals surface area contributed by atoms with Gasteiger partial charge in [-0.2, -0.15) is 0 Å². The second-order valence-electron chi connectivity index (χ2n) is 4.96. The molecule has 2 unspecified atom stereocenters. The standard InChI is InChI=1S/C11H18N2O3/c1-7-8(9(14)15)2-5-13(7)10(16)11(6-12)3-4-11/h7-8H,2-6,12H2,1H3,(H,14,15). The third-order valence-electron chi connectivity index (χ3n) is 4.03. The van der Waals surface area contributed by atoms with E-state index in [0.717, 1.165) is 12.8 Å². The van der Waals surface area contributed by atoms with Gasteiger partial charge in [-0.25, -0.2) is 0 Å². The molecule has 1 saturated heterocycles. The highest BCUT2D eigenvalue weighted by Crippen LogP contribution is 2.47. The molecule has 0 aromatic carbocycles. The van der Waals surface area contributed by atoms with Gasteiger partial charge in [-0.3, -0.25) is 9.59 Å². The normalized spacial score (nSPS) is 31.5. The van der Waals surface area contributed by atoms with Crippen LogP contribution in [0.15, 0.2) is 0 Å². The van der Waals surface area contributed by atoms with Crippen LogP contribution in [0, 0.1) is 11.3 Å². The zero-order valence-electron chi connectivity index (χ0n) is 9.48. The minimum absolute atomic E-state index is 0.0613. The van der Waals surface area contributed by atoms with E-state index in [4.69, 9.17) is 10.8 Å². The summed E-state index contributed by atoms with van der Waals surface area (Å²) in [5.41, 5.74) is 5.25. The molecule has 3 N–H and O–H groups in total. The predicted molar refractivity (Wildman–Crippen MR) is 57.6 cm³/mol. The zero-order chi connectivity index (χ0) is 11.9. The molecule has 0 spiro atoms. The van der Waals surface area contributed by atoms with E-state index in [-0.39, 0.29) is 17.4 Å². The summed E-state index contributed by atoms with van der Waals surface area (Å²) < 4.78 is 0. The van der Waals surface area contributed by atoms with Gasteiger partial charge in [-0.05, 0) is 26.2 Å². The van der Waals surface area contributed by atoms with Crippen molar-refractivity contribution < 1.29 is 14.7 Å². The molecule has 0 radical (unpaired) electrons. The Kier molecular flexibility index (Phi) is 2.66. The van der Waals surface area contributed by atoms with Crippen LogP contribution in [0.4, 0.5) is 0 Å². The summed E-state index contributed by atoms with van der Waals surface area (Å²) in [4.78, 5) is 24.9. The molecule has 16 heavy (non-hydrogen) atoms. The Morgan fingerprint density at radius 2 is 2.12 bits per heavy atom. The van der Waals surface area contributed by atoms with Crippen molar-refractivity contribution in [3.05, 3.63) is 0 Å². The molecule has 1 saturated carbocycles. The van der Waals surface area contributed by atoms with E-state index >= 15 is 0 Å². The average molecular weight is 226 g/mol. The van der Waals surface area contributed by atoms with Crippen LogP contribution in [-0.4, -0.2) is 41.0 Å². The first-order valence-corrected chi connectivity index (χ1v) is 5.76. The summed E-state index contributed by atoms with van der Waals surface area (Å²) in [7, 11) is 0. The van der Waals surface area contributed by atoms with Crippen molar-refractivity contribution in [1.29, 1.82) is 0 Å². The lowest BCUT2D eigenvalue weighted by atomic mass is 10.0. The van der Waals surface area contributed by atoms with Gasteiger partial charge in [0.25, 0.3) is 0 Å². The van der Waals surface area contributed by atoms with E-state index in [1.807, 2.05) is 6.92 Å². The molecule has 1 aliphatic carbocycles. The minimum Gasteiger partial charge on any atom is -0.481 e. The van der Waals surface area contributed by atoms with Crippen molar-refractivity contribution in [3.63, 3.8) is 0 Å². The first kappa shape index (κ1) is 11.4. The maximum Gasteiger partial charge on any atom is 0.308 e. The van der Waals surface area contributed by atoms with Crippen molar-refractivity contribution in [2.24, 2.45) is 17.1 Å². The number of carbonyl (C=O) groups excluding carboxylic acids is 1. The molecular weight excluding hydrogens is 208 g/mol. The van der Waals surface area contributed by atoms with Gasteiger partial charge >= 0.3 is 5.97 Å². The quantitative estimate of drug-likeness (QED) is 0.712. The molecule has 0 aromatic rings. The number of hydrogen-bond acceptors (Lipinski definition) is 3. The Bertz CT molecular complexity index is 325. The third-order valence-corrected chi connectivity index (χ3v) is 4.03. The summed E-state index contributed by atoms with van der Waals surface area (Å²) in [6, 6.07) is -0.200. The smallest absolute Gasteiger partial charge is 0.308 e. The lowest BCUT2D eigenvalue weighted by Gasteiger charge is -2.27. The fourth-order valence-corrected chi connectivity index (χ4v) is 2.52. The van der Waals surface area contributed by atoms with Crippen LogP contribution in [-0.2, 0) is 9.59 Å².